The summed E-state index contributed by atoms with van der Waals surface area (Å²) in [4.78, 5) is 37.8. The molecule has 0 radical (unpaired) electrons. The topological polar surface area (TPSA) is 140 Å². The zero-order valence-corrected chi connectivity index (χ0v) is 14.9. The number of amides is 2. The zero-order chi connectivity index (χ0) is 20.6. The maximum absolute atomic E-state index is 11.8. The maximum Gasteiger partial charge on any atom is 0.270 e. The van der Waals surface area contributed by atoms with Crippen LogP contribution in [0.25, 0.3) is 11.3 Å². The van der Waals surface area contributed by atoms with E-state index >= 15 is 0 Å². The average Bonchev–Trinajstić information content (AvgIpc) is 3.21. The molecule has 2 aromatic heterocycles. The van der Waals surface area contributed by atoms with E-state index in [1.807, 2.05) is 0 Å². The van der Waals surface area contributed by atoms with Crippen molar-refractivity contribution in [2.75, 3.05) is 6.54 Å². The van der Waals surface area contributed by atoms with Gasteiger partial charge < -0.3 is 9.73 Å². The number of carbonyl (C=O) groups is 2. The first-order chi connectivity index (χ1) is 14.0. The predicted octanol–water partition coefficient (Wildman–Crippen LogP) is 2.13. The molecular formula is C19H15N5O5. The van der Waals surface area contributed by atoms with Crippen LogP contribution in [-0.4, -0.2) is 34.5 Å². The zero-order valence-electron chi connectivity index (χ0n) is 14.9. The van der Waals surface area contributed by atoms with E-state index in [1.54, 1.807) is 24.3 Å². The maximum atomic E-state index is 11.8. The Hall–Kier alpha value is -4.34. The van der Waals surface area contributed by atoms with Gasteiger partial charge >= 0.3 is 0 Å². The van der Waals surface area contributed by atoms with Crippen LogP contribution in [0.5, 0.6) is 0 Å². The molecular weight excluding hydrogens is 378 g/mol. The Morgan fingerprint density at radius 1 is 1.17 bits per heavy atom. The summed E-state index contributed by atoms with van der Waals surface area (Å²) in [5, 5.41) is 17.1. The van der Waals surface area contributed by atoms with Crippen LogP contribution in [0.1, 0.15) is 16.1 Å². The van der Waals surface area contributed by atoms with Gasteiger partial charge in [-0.1, -0.05) is 12.1 Å². The van der Waals surface area contributed by atoms with E-state index in [-0.39, 0.29) is 12.2 Å². The molecule has 3 aromatic rings. The second-order valence-corrected chi connectivity index (χ2v) is 5.72. The second kappa shape index (κ2) is 9.04. The van der Waals surface area contributed by atoms with Crippen molar-refractivity contribution >= 4 is 23.7 Å². The second-order valence-electron chi connectivity index (χ2n) is 5.72. The minimum absolute atomic E-state index is 0.0461. The number of furan rings is 1. The SMILES string of the molecule is O=C(CNC(=O)c1ccncc1)N/N=C/c1ccc(-c2cccc([N+](=O)[O-])c2)o1. The summed E-state index contributed by atoms with van der Waals surface area (Å²) >= 11 is 0. The van der Waals surface area contributed by atoms with Crippen molar-refractivity contribution in [3.8, 4) is 11.3 Å². The van der Waals surface area contributed by atoms with E-state index in [2.05, 4.69) is 20.8 Å². The van der Waals surface area contributed by atoms with Crippen molar-refractivity contribution in [3.63, 3.8) is 0 Å². The number of rotatable bonds is 7. The Morgan fingerprint density at radius 3 is 2.72 bits per heavy atom. The standard InChI is InChI=1S/C19H15N5O5/c25-18(12-21-19(26)13-6-8-20-9-7-13)23-22-11-16-4-5-17(29-16)14-2-1-3-15(10-14)24(27)28/h1-11H,12H2,(H,21,26)(H,23,25)/b22-11+. The van der Waals surface area contributed by atoms with E-state index in [4.69, 9.17) is 4.42 Å². The van der Waals surface area contributed by atoms with Crippen molar-refractivity contribution in [2.45, 2.75) is 0 Å². The molecule has 2 N–H and O–H groups in total. The molecule has 10 heteroatoms. The van der Waals surface area contributed by atoms with Crippen LogP contribution in [0.15, 0.2) is 70.4 Å². The van der Waals surface area contributed by atoms with Gasteiger partial charge in [0.15, 0.2) is 0 Å². The summed E-state index contributed by atoms with van der Waals surface area (Å²) in [5.74, 6) is -0.160. The van der Waals surface area contributed by atoms with Crippen LogP contribution in [0.4, 0.5) is 5.69 Å². The summed E-state index contributed by atoms with van der Waals surface area (Å²) in [7, 11) is 0. The van der Waals surface area contributed by atoms with Gasteiger partial charge in [-0.2, -0.15) is 5.10 Å². The van der Waals surface area contributed by atoms with Gasteiger partial charge in [0.1, 0.15) is 11.5 Å². The van der Waals surface area contributed by atoms with Crippen molar-refractivity contribution in [3.05, 3.63) is 82.4 Å². The molecule has 0 aliphatic rings. The van der Waals surface area contributed by atoms with E-state index in [0.29, 0.717) is 22.6 Å². The molecule has 2 amide bonds. The minimum atomic E-state index is -0.519. The number of hydrazone groups is 1. The fourth-order valence-electron chi connectivity index (χ4n) is 2.32. The first kappa shape index (κ1) is 19.4. The third kappa shape index (κ3) is 5.32. The third-order valence-corrected chi connectivity index (χ3v) is 3.70. The van der Waals surface area contributed by atoms with Crippen molar-refractivity contribution in [1.29, 1.82) is 0 Å². The molecule has 0 spiro atoms. The lowest BCUT2D eigenvalue weighted by atomic mass is 10.1. The van der Waals surface area contributed by atoms with E-state index in [9.17, 15) is 19.7 Å². The van der Waals surface area contributed by atoms with Gasteiger partial charge in [-0.15, -0.1) is 0 Å². The molecule has 0 bridgehead atoms. The molecule has 10 nitrogen and oxygen atoms in total. The summed E-state index contributed by atoms with van der Waals surface area (Å²) in [5.41, 5.74) is 3.15. The number of nitro benzene ring substituents is 1. The molecule has 0 saturated heterocycles. The van der Waals surface area contributed by atoms with Gasteiger partial charge in [0.25, 0.3) is 17.5 Å². The largest absolute Gasteiger partial charge is 0.455 e. The number of nitrogens with zero attached hydrogens (tertiary/aromatic N) is 3. The van der Waals surface area contributed by atoms with Crippen molar-refractivity contribution in [1.82, 2.24) is 15.7 Å². The number of nitro groups is 1. The van der Waals surface area contributed by atoms with Gasteiger partial charge in [0, 0.05) is 35.7 Å². The van der Waals surface area contributed by atoms with Gasteiger partial charge in [-0.05, 0) is 24.3 Å². The Kier molecular flexibility index (Phi) is 6.05. The van der Waals surface area contributed by atoms with E-state index in [0.717, 1.165) is 0 Å². The normalized spacial score (nSPS) is 10.6. The Morgan fingerprint density at radius 2 is 1.97 bits per heavy atom. The summed E-state index contributed by atoms with van der Waals surface area (Å²) < 4.78 is 5.54. The number of pyridine rings is 1. The predicted molar refractivity (Wildman–Crippen MR) is 103 cm³/mol. The number of hydrogen-bond donors (Lipinski definition) is 2. The molecule has 0 aliphatic heterocycles. The fraction of sp³-hybridized carbons (Fsp3) is 0.0526. The average molecular weight is 393 g/mol. The van der Waals surface area contributed by atoms with Gasteiger partial charge in [0.05, 0.1) is 17.7 Å². The molecule has 0 atom stereocenters. The smallest absolute Gasteiger partial charge is 0.270 e. The fourth-order valence-corrected chi connectivity index (χ4v) is 2.32. The number of nitrogens with one attached hydrogen (secondary N) is 2. The monoisotopic (exact) mass is 393 g/mol. The molecule has 0 unspecified atom stereocenters. The highest BCUT2D eigenvalue weighted by atomic mass is 16.6. The lowest BCUT2D eigenvalue weighted by molar-refractivity contribution is -0.384. The Labute approximate surface area is 164 Å². The van der Waals surface area contributed by atoms with Gasteiger partial charge in [-0.25, -0.2) is 5.43 Å². The lowest BCUT2D eigenvalue weighted by Crippen LogP contribution is -2.34. The number of benzene rings is 1. The molecule has 29 heavy (non-hydrogen) atoms. The summed E-state index contributed by atoms with van der Waals surface area (Å²) in [6, 6.07) is 12.3. The first-order valence-electron chi connectivity index (χ1n) is 8.38. The molecule has 0 saturated carbocycles. The minimum Gasteiger partial charge on any atom is -0.455 e. The van der Waals surface area contributed by atoms with Crippen LogP contribution in [0.2, 0.25) is 0 Å². The van der Waals surface area contributed by atoms with Crippen LogP contribution < -0.4 is 10.7 Å². The molecule has 2 heterocycles. The highest BCUT2D eigenvalue weighted by molar-refractivity contribution is 5.96. The number of carbonyl (C=O) groups excluding carboxylic acids is 2. The van der Waals surface area contributed by atoms with Crippen molar-refractivity contribution in [2.24, 2.45) is 5.10 Å². The number of non-ortho nitro benzene ring substituents is 1. The van der Waals surface area contributed by atoms with Crippen LogP contribution in [0, 0.1) is 10.1 Å². The molecule has 146 valence electrons. The quantitative estimate of drug-likeness (QED) is 0.358. The Balaban J connectivity index is 1.52. The van der Waals surface area contributed by atoms with Crippen LogP contribution in [0.3, 0.4) is 0 Å². The van der Waals surface area contributed by atoms with E-state index < -0.39 is 16.7 Å². The highest BCUT2D eigenvalue weighted by Gasteiger charge is 2.10. The van der Waals surface area contributed by atoms with Crippen LogP contribution >= 0.6 is 0 Å². The van der Waals surface area contributed by atoms with Crippen molar-refractivity contribution < 1.29 is 18.9 Å². The number of aromatic nitrogens is 1. The molecule has 1 aromatic carbocycles. The summed E-state index contributed by atoms with van der Waals surface area (Å²) in [6.45, 7) is -0.254. The summed E-state index contributed by atoms with van der Waals surface area (Å²) in [6.07, 6.45) is 4.23. The Bertz CT molecular complexity index is 1060. The van der Waals surface area contributed by atoms with E-state index in [1.165, 1.54) is 42.9 Å². The highest BCUT2D eigenvalue weighted by Crippen LogP contribution is 2.25. The van der Waals surface area contributed by atoms with Crippen LogP contribution in [-0.2, 0) is 4.79 Å². The number of hydrogen-bond acceptors (Lipinski definition) is 7. The molecule has 3 rings (SSSR count). The first-order valence-corrected chi connectivity index (χ1v) is 8.38. The third-order valence-electron chi connectivity index (χ3n) is 3.70. The molecule has 0 fully saturated rings. The molecule has 0 aliphatic carbocycles. The van der Waals surface area contributed by atoms with Gasteiger partial charge in [0.2, 0.25) is 0 Å². The van der Waals surface area contributed by atoms with Gasteiger partial charge in [-0.3, -0.25) is 24.7 Å². The lowest BCUT2D eigenvalue weighted by Gasteiger charge is -2.03.